The van der Waals surface area contributed by atoms with E-state index < -0.39 is 12.6 Å². The zero-order valence-electron chi connectivity index (χ0n) is 13.9. The van der Waals surface area contributed by atoms with Crippen LogP contribution in [0.25, 0.3) is 6.08 Å². The second-order valence-electron chi connectivity index (χ2n) is 5.65. The van der Waals surface area contributed by atoms with Crippen molar-refractivity contribution in [3.05, 3.63) is 68.1 Å². The number of hydrogen-bond donors (Lipinski definition) is 1. The number of nitrogens with zero attached hydrogens (tertiary/aromatic N) is 1. The number of ether oxygens (including phenoxy) is 1. The molecule has 138 valence electrons. The van der Waals surface area contributed by atoms with E-state index in [1.54, 1.807) is 30.3 Å². The second kappa shape index (κ2) is 8.57. The van der Waals surface area contributed by atoms with Crippen LogP contribution in [0.1, 0.15) is 11.1 Å². The maximum atomic E-state index is 12.6. The molecule has 0 aromatic heterocycles. The van der Waals surface area contributed by atoms with E-state index in [1.807, 2.05) is 24.3 Å². The molecule has 6 nitrogen and oxygen atoms in total. The van der Waals surface area contributed by atoms with Crippen LogP contribution >= 0.6 is 34.4 Å². The van der Waals surface area contributed by atoms with Crippen molar-refractivity contribution in [3.63, 3.8) is 0 Å². The molecule has 0 atom stereocenters. The van der Waals surface area contributed by atoms with Crippen molar-refractivity contribution in [3.8, 4) is 5.75 Å². The number of carboxylic acids is 1. The van der Waals surface area contributed by atoms with Gasteiger partial charge in [0, 0.05) is 3.57 Å². The van der Waals surface area contributed by atoms with Gasteiger partial charge in [0.2, 0.25) is 0 Å². The summed E-state index contributed by atoms with van der Waals surface area (Å²) in [6, 6.07) is 14.3. The molecule has 1 aliphatic rings. The second-order valence-corrected chi connectivity index (χ2v) is 7.88. The summed E-state index contributed by atoms with van der Waals surface area (Å²) in [4.78, 5) is 36.9. The Labute approximate surface area is 173 Å². The molecule has 0 bridgehead atoms. The van der Waals surface area contributed by atoms with Gasteiger partial charge in [0.1, 0.15) is 5.75 Å². The van der Waals surface area contributed by atoms with Gasteiger partial charge >= 0.3 is 5.97 Å². The fraction of sp³-hybridized carbons (Fsp3) is 0.105. The van der Waals surface area contributed by atoms with Crippen molar-refractivity contribution in [1.29, 1.82) is 0 Å². The van der Waals surface area contributed by atoms with Crippen molar-refractivity contribution >= 4 is 57.5 Å². The highest BCUT2D eigenvalue weighted by atomic mass is 127. The number of aliphatic carboxylic acids is 1. The summed E-state index contributed by atoms with van der Waals surface area (Å²) in [7, 11) is 0. The van der Waals surface area contributed by atoms with Gasteiger partial charge in [0.25, 0.3) is 11.1 Å². The van der Waals surface area contributed by atoms with E-state index in [0.29, 0.717) is 10.7 Å². The fourth-order valence-electron chi connectivity index (χ4n) is 2.37. The smallest absolute Gasteiger partial charge is 0.341 e. The number of carbonyl (C=O) groups is 3. The fourth-order valence-corrected chi connectivity index (χ4v) is 3.56. The lowest BCUT2D eigenvalue weighted by Crippen LogP contribution is -2.27. The van der Waals surface area contributed by atoms with E-state index in [-0.39, 0.29) is 17.7 Å². The number of carbonyl (C=O) groups excluding carboxylic acids is 2. The number of halogens is 1. The molecule has 0 saturated carbocycles. The van der Waals surface area contributed by atoms with Gasteiger partial charge in [-0.2, -0.15) is 0 Å². The Balaban J connectivity index is 1.70. The Morgan fingerprint density at radius 3 is 2.41 bits per heavy atom. The zero-order chi connectivity index (χ0) is 19.4. The quantitative estimate of drug-likeness (QED) is 0.482. The zero-order valence-corrected chi connectivity index (χ0v) is 16.9. The van der Waals surface area contributed by atoms with Gasteiger partial charge < -0.3 is 9.84 Å². The standard InChI is InChI=1S/C19H14INO5S/c20-14-5-1-13(2-6-14)10-21-18(24)16(27-19(21)25)9-12-3-7-15(8-4-12)26-11-17(22)23/h1-9H,10-11H2,(H,22,23)/b16-9+. The molecule has 0 unspecified atom stereocenters. The highest BCUT2D eigenvalue weighted by Crippen LogP contribution is 2.33. The van der Waals surface area contributed by atoms with Crippen LogP contribution in [-0.2, 0) is 16.1 Å². The van der Waals surface area contributed by atoms with E-state index in [0.717, 1.165) is 26.5 Å². The Morgan fingerprint density at radius 1 is 1.11 bits per heavy atom. The first-order chi connectivity index (χ1) is 12.9. The number of imide groups is 1. The van der Waals surface area contributed by atoms with Crippen molar-refractivity contribution in [2.24, 2.45) is 0 Å². The first-order valence-corrected chi connectivity index (χ1v) is 9.76. The third kappa shape index (κ3) is 5.10. The van der Waals surface area contributed by atoms with Crippen LogP contribution in [-0.4, -0.2) is 33.7 Å². The van der Waals surface area contributed by atoms with Crippen molar-refractivity contribution in [2.75, 3.05) is 6.61 Å². The van der Waals surface area contributed by atoms with E-state index >= 15 is 0 Å². The van der Waals surface area contributed by atoms with Crippen LogP contribution in [0.3, 0.4) is 0 Å². The summed E-state index contributed by atoms with van der Waals surface area (Å²) in [5.74, 6) is -0.961. The molecule has 27 heavy (non-hydrogen) atoms. The molecule has 2 amide bonds. The van der Waals surface area contributed by atoms with Crippen molar-refractivity contribution < 1.29 is 24.2 Å². The third-order valence-electron chi connectivity index (χ3n) is 3.67. The molecule has 3 rings (SSSR count). The molecule has 1 aliphatic heterocycles. The van der Waals surface area contributed by atoms with E-state index in [9.17, 15) is 14.4 Å². The molecular formula is C19H14INO5S. The summed E-state index contributed by atoms with van der Waals surface area (Å²) in [6.07, 6.45) is 1.64. The van der Waals surface area contributed by atoms with Crippen LogP contribution in [0.2, 0.25) is 0 Å². The molecule has 2 aromatic rings. The minimum absolute atomic E-state index is 0.237. The molecule has 1 fully saturated rings. The minimum atomic E-state index is -1.05. The summed E-state index contributed by atoms with van der Waals surface area (Å²) in [5, 5.41) is 8.31. The van der Waals surface area contributed by atoms with E-state index in [1.165, 1.54) is 4.90 Å². The average molecular weight is 495 g/mol. The van der Waals surface area contributed by atoms with Gasteiger partial charge in [-0.3, -0.25) is 14.5 Å². The van der Waals surface area contributed by atoms with Crippen molar-refractivity contribution in [1.82, 2.24) is 4.90 Å². The number of thioether (sulfide) groups is 1. The largest absolute Gasteiger partial charge is 0.482 e. The lowest BCUT2D eigenvalue weighted by Gasteiger charge is -2.12. The van der Waals surface area contributed by atoms with Crippen LogP contribution in [0.5, 0.6) is 5.75 Å². The maximum absolute atomic E-state index is 12.6. The molecule has 8 heteroatoms. The van der Waals surface area contributed by atoms with E-state index in [4.69, 9.17) is 9.84 Å². The topological polar surface area (TPSA) is 83.9 Å². The first-order valence-electron chi connectivity index (χ1n) is 7.87. The predicted octanol–water partition coefficient (Wildman–Crippen LogP) is 3.99. The predicted molar refractivity (Wildman–Crippen MR) is 110 cm³/mol. The van der Waals surface area contributed by atoms with Gasteiger partial charge in [-0.25, -0.2) is 4.79 Å². The Bertz CT molecular complexity index is 909. The Hall–Kier alpha value is -2.33. The molecule has 1 heterocycles. The first kappa shape index (κ1) is 19.4. The van der Waals surface area contributed by atoms with Gasteiger partial charge in [-0.05, 0) is 75.8 Å². The number of benzene rings is 2. The van der Waals surface area contributed by atoms with Crippen LogP contribution in [0, 0.1) is 3.57 Å². The summed E-state index contributed by atoms with van der Waals surface area (Å²) >= 11 is 3.10. The minimum Gasteiger partial charge on any atom is -0.482 e. The van der Waals surface area contributed by atoms with E-state index in [2.05, 4.69) is 22.6 Å². The number of rotatable bonds is 6. The van der Waals surface area contributed by atoms with Crippen LogP contribution < -0.4 is 4.74 Å². The van der Waals surface area contributed by atoms with Crippen LogP contribution in [0.15, 0.2) is 53.4 Å². The molecule has 0 radical (unpaired) electrons. The lowest BCUT2D eigenvalue weighted by atomic mass is 10.2. The van der Waals surface area contributed by atoms with Gasteiger partial charge in [-0.15, -0.1) is 0 Å². The summed E-state index contributed by atoms with van der Waals surface area (Å²) in [6.45, 7) is -0.183. The Morgan fingerprint density at radius 2 is 1.78 bits per heavy atom. The van der Waals surface area contributed by atoms with Crippen molar-refractivity contribution in [2.45, 2.75) is 6.54 Å². The molecule has 2 aromatic carbocycles. The molecule has 1 N–H and O–H groups in total. The maximum Gasteiger partial charge on any atom is 0.341 e. The summed E-state index contributed by atoms with van der Waals surface area (Å²) in [5.41, 5.74) is 1.61. The Kier molecular flexibility index (Phi) is 6.17. The molecule has 0 spiro atoms. The monoisotopic (exact) mass is 495 g/mol. The highest BCUT2D eigenvalue weighted by molar-refractivity contribution is 14.1. The highest BCUT2D eigenvalue weighted by Gasteiger charge is 2.34. The van der Waals surface area contributed by atoms with Gasteiger partial charge in [0.15, 0.2) is 6.61 Å². The molecular weight excluding hydrogens is 481 g/mol. The number of carboxylic acid groups (broad SMARTS) is 1. The molecule has 1 saturated heterocycles. The number of hydrogen-bond acceptors (Lipinski definition) is 5. The van der Waals surface area contributed by atoms with Gasteiger partial charge in [0.05, 0.1) is 11.4 Å². The SMILES string of the molecule is O=C(O)COc1ccc(/C=C2/SC(=O)N(Cc3ccc(I)cc3)C2=O)cc1. The average Bonchev–Trinajstić information content (AvgIpc) is 2.90. The third-order valence-corrected chi connectivity index (χ3v) is 5.29. The van der Waals surface area contributed by atoms with Crippen LogP contribution in [0.4, 0.5) is 4.79 Å². The molecule has 0 aliphatic carbocycles. The normalized spacial score (nSPS) is 15.4. The summed E-state index contributed by atoms with van der Waals surface area (Å²) < 4.78 is 6.15. The number of amides is 2. The van der Waals surface area contributed by atoms with Gasteiger partial charge in [-0.1, -0.05) is 24.3 Å². The lowest BCUT2D eigenvalue weighted by molar-refractivity contribution is -0.139.